The molecular formula is C15H25FN2. The zero-order valence-electron chi connectivity index (χ0n) is 12.1. The number of halogens is 1. The van der Waals surface area contributed by atoms with Crippen LogP contribution in [0.4, 0.5) is 4.39 Å². The number of hydrogen-bond donors (Lipinski definition) is 2. The molecule has 0 aliphatic carbocycles. The quantitative estimate of drug-likeness (QED) is 0.842. The van der Waals surface area contributed by atoms with E-state index in [1.165, 1.54) is 6.07 Å². The Kier molecular flexibility index (Phi) is 5.29. The van der Waals surface area contributed by atoms with Gasteiger partial charge in [0.05, 0.1) is 0 Å². The van der Waals surface area contributed by atoms with E-state index < -0.39 is 0 Å². The maximum absolute atomic E-state index is 13.5. The summed E-state index contributed by atoms with van der Waals surface area (Å²) in [6, 6.07) is 5.53. The fraction of sp³-hybridized carbons (Fsp3) is 0.600. The molecule has 0 saturated heterocycles. The number of benzene rings is 1. The summed E-state index contributed by atoms with van der Waals surface area (Å²) < 4.78 is 13.5. The molecule has 0 bridgehead atoms. The van der Waals surface area contributed by atoms with Crippen LogP contribution in [0.25, 0.3) is 0 Å². The highest BCUT2D eigenvalue weighted by Crippen LogP contribution is 2.09. The topological polar surface area (TPSA) is 24.1 Å². The molecule has 102 valence electrons. The Balaban J connectivity index is 2.42. The van der Waals surface area contributed by atoms with E-state index in [0.29, 0.717) is 12.6 Å². The minimum atomic E-state index is -0.135. The van der Waals surface area contributed by atoms with Gasteiger partial charge in [-0.05, 0) is 40.7 Å². The maximum atomic E-state index is 13.5. The molecule has 0 radical (unpaired) electrons. The Hall–Kier alpha value is -0.930. The van der Waals surface area contributed by atoms with Crippen LogP contribution in [0.5, 0.6) is 0 Å². The first-order chi connectivity index (χ1) is 8.28. The second kappa shape index (κ2) is 6.30. The first-order valence-electron chi connectivity index (χ1n) is 6.51. The standard InChI is InChI=1S/C15H25FN2/c1-11-6-7-14(16)13(8-11)10-17-12(2)9-18-15(3,4)5/h6-8,12,17-18H,9-10H2,1-5H3. The van der Waals surface area contributed by atoms with Gasteiger partial charge in [-0.15, -0.1) is 0 Å². The van der Waals surface area contributed by atoms with Crippen molar-refractivity contribution < 1.29 is 4.39 Å². The Bertz CT molecular complexity index is 383. The molecule has 2 N–H and O–H groups in total. The fourth-order valence-electron chi connectivity index (χ4n) is 1.65. The monoisotopic (exact) mass is 252 g/mol. The Morgan fingerprint density at radius 2 is 1.94 bits per heavy atom. The van der Waals surface area contributed by atoms with Crippen LogP contribution in [0, 0.1) is 12.7 Å². The third kappa shape index (κ3) is 5.61. The van der Waals surface area contributed by atoms with Gasteiger partial charge in [-0.2, -0.15) is 0 Å². The van der Waals surface area contributed by atoms with Gasteiger partial charge in [0.2, 0.25) is 0 Å². The number of nitrogens with one attached hydrogen (secondary N) is 2. The van der Waals surface area contributed by atoms with Crippen molar-refractivity contribution in [3.8, 4) is 0 Å². The number of aryl methyl sites for hydroxylation is 1. The van der Waals surface area contributed by atoms with Gasteiger partial charge in [0, 0.05) is 30.2 Å². The van der Waals surface area contributed by atoms with Gasteiger partial charge in [0.1, 0.15) is 5.82 Å². The molecular weight excluding hydrogens is 227 g/mol. The third-order valence-corrected chi connectivity index (χ3v) is 2.78. The molecule has 1 rings (SSSR count). The number of rotatable bonds is 5. The van der Waals surface area contributed by atoms with Crippen LogP contribution in [0.2, 0.25) is 0 Å². The Morgan fingerprint density at radius 3 is 2.56 bits per heavy atom. The smallest absolute Gasteiger partial charge is 0.127 e. The summed E-state index contributed by atoms with van der Waals surface area (Å²) in [5.41, 5.74) is 1.94. The lowest BCUT2D eigenvalue weighted by Crippen LogP contribution is -2.44. The summed E-state index contributed by atoms with van der Waals surface area (Å²) in [4.78, 5) is 0. The summed E-state index contributed by atoms with van der Waals surface area (Å²) in [6.45, 7) is 11.9. The van der Waals surface area contributed by atoms with Crippen molar-refractivity contribution in [3.63, 3.8) is 0 Å². The largest absolute Gasteiger partial charge is 0.311 e. The third-order valence-electron chi connectivity index (χ3n) is 2.78. The molecule has 0 aliphatic rings. The van der Waals surface area contributed by atoms with Crippen molar-refractivity contribution in [1.29, 1.82) is 0 Å². The second-order valence-electron chi connectivity index (χ2n) is 6.01. The average Bonchev–Trinajstić information content (AvgIpc) is 2.26. The lowest BCUT2D eigenvalue weighted by atomic mass is 10.1. The van der Waals surface area contributed by atoms with E-state index >= 15 is 0 Å². The van der Waals surface area contributed by atoms with Crippen LogP contribution in [0.3, 0.4) is 0 Å². The molecule has 0 amide bonds. The van der Waals surface area contributed by atoms with Gasteiger partial charge in [-0.1, -0.05) is 17.7 Å². The van der Waals surface area contributed by atoms with Crippen LogP contribution in [0.1, 0.15) is 38.8 Å². The van der Waals surface area contributed by atoms with E-state index in [2.05, 4.69) is 38.3 Å². The van der Waals surface area contributed by atoms with Crippen molar-refractivity contribution >= 4 is 0 Å². The Morgan fingerprint density at radius 1 is 1.28 bits per heavy atom. The predicted molar refractivity (Wildman–Crippen MR) is 75.2 cm³/mol. The zero-order chi connectivity index (χ0) is 13.8. The average molecular weight is 252 g/mol. The van der Waals surface area contributed by atoms with E-state index in [1.807, 2.05) is 13.0 Å². The molecule has 0 spiro atoms. The van der Waals surface area contributed by atoms with Gasteiger partial charge >= 0.3 is 0 Å². The normalized spacial score (nSPS) is 13.7. The zero-order valence-corrected chi connectivity index (χ0v) is 12.1. The predicted octanol–water partition coefficient (Wildman–Crippen LogP) is 3.00. The minimum Gasteiger partial charge on any atom is -0.311 e. The summed E-state index contributed by atoms with van der Waals surface area (Å²) in [7, 11) is 0. The highest BCUT2D eigenvalue weighted by Gasteiger charge is 2.11. The molecule has 3 heteroatoms. The van der Waals surface area contributed by atoms with E-state index in [4.69, 9.17) is 0 Å². The summed E-state index contributed by atoms with van der Waals surface area (Å²) in [5, 5.41) is 6.76. The van der Waals surface area contributed by atoms with Crippen LogP contribution in [0.15, 0.2) is 18.2 Å². The fourth-order valence-corrected chi connectivity index (χ4v) is 1.65. The van der Waals surface area contributed by atoms with Crippen LogP contribution < -0.4 is 10.6 Å². The maximum Gasteiger partial charge on any atom is 0.127 e. The number of hydrogen-bond acceptors (Lipinski definition) is 2. The lowest BCUT2D eigenvalue weighted by Gasteiger charge is -2.24. The molecule has 1 aromatic carbocycles. The molecule has 18 heavy (non-hydrogen) atoms. The van der Waals surface area contributed by atoms with Crippen molar-refractivity contribution in [2.45, 2.75) is 52.7 Å². The summed E-state index contributed by atoms with van der Waals surface area (Å²) in [6.07, 6.45) is 0. The molecule has 1 unspecified atom stereocenters. The van der Waals surface area contributed by atoms with E-state index in [9.17, 15) is 4.39 Å². The minimum absolute atomic E-state index is 0.116. The molecule has 0 aliphatic heterocycles. The highest BCUT2D eigenvalue weighted by molar-refractivity contribution is 5.23. The molecule has 2 nitrogen and oxygen atoms in total. The van der Waals surface area contributed by atoms with E-state index in [0.717, 1.165) is 17.7 Å². The first kappa shape index (κ1) is 15.1. The first-order valence-corrected chi connectivity index (χ1v) is 6.51. The van der Waals surface area contributed by atoms with Crippen LogP contribution in [-0.4, -0.2) is 18.1 Å². The SMILES string of the molecule is Cc1ccc(F)c(CNC(C)CNC(C)(C)C)c1. The molecule has 1 atom stereocenters. The summed E-state index contributed by atoms with van der Waals surface area (Å²) >= 11 is 0. The molecule has 0 fully saturated rings. The van der Waals surface area contributed by atoms with Crippen molar-refractivity contribution in [1.82, 2.24) is 10.6 Å². The highest BCUT2D eigenvalue weighted by atomic mass is 19.1. The Labute approximate surface area is 110 Å². The lowest BCUT2D eigenvalue weighted by molar-refractivity contribution is 0.386. The van der Waals surface area contributed by atoms with Crippen molar-refractivity contribution in [2.75, 3.05) is 6.54 Å². The van der Waals surface area contributed by atoms with Gasteiger partial charge in [0.25, 0.3) is 0 Å². The van der Waals surface area contributed by atoms with Gasteiger partial charge in [-0.25, -0.2) is 4.39 Å². The van der Waals surface area contributed by atoms with Crippen LogP contribution in [-0.2, 0) is 6.54 Å². The second-order valence-corrected chi connectivity index (χ2v) is 6.01. The molecule has 1 aromatic rings. The van der Waals surface area contributed by atoms with E-state index in [-0.39, 0.29) is 11.4 Å². The van der Waals surface area contributed by atoms with Gasteiger partial charge in [0.15, 0.2) is 0 Å². The molecule has 0 saturated carbocycles. The van der Waals surface area contributed by atoms with Crippen molar-refractivity contribution in [3.05, 3.63) is 35.1 Å². The van der Waals surface area contributed by atoms with Gasteiger partial charge in [-0.3, -0.25) is 0 Å². The van der Waals surface area contributed by atoms with Crippen molar-refractivity contribution in [2.24, 2.45) is 0 Å². The van der Waals surface area contributed by atoms with Gasteiger partial charge < -0.3 is 10.6 Å². The van der Waals surface area contributed by atoms with E-state index in [1.54, 1.807) is 6.07 Å². The van der Waals surface area contributed by atoms with Crippen LogP contribution >= 0.6 is 0 Å². The summed E-state index contributed by atoms with van der Waals surface area (Å²) in [5.74, 6) is -0.135. The molecule has 0 aromatic heterocycles. The molecule has 0 heterocycles.